The van der Waals surface area contributed by atoms with Crippen molar-refractivity contribution < 1.29 is 5.11 Å². The molecule has 3 aromatic rings. The van der Waals surface area contributed by atoms with E-state index in [1.807, 2.05) is 44.1 Å². The van der Waals surface area contributed by atoms with Crippen molar-refractivity contribution in [1.29, 1.82) is 0 Å². The van der Waals surface area contributed by atoms with Crippen molar-refractivity contribution in [3.8, 4) is 16.3 Å². The Hall–Kier alpha value is -2.67. The topological polar surface area (TPSA) is 74.2 Å². The van der Waals surface area contributed by atoms with Gasteiger partial charge in [-0.2, -0.15) is 0 Å². The van der Waals surface area contributed by atoms with E-state index in [-0.39, 0.29) is 5.75 Å². The molecule has 118 valence electrons. The van der Waals surface area contributed by atoms with Crippen LogP contribution in [0, 0.1) is 6.92 Å². The maximum atomic E-state index is 9.40. The number of phenolic OH excluding ortho intramolecular Hbond substituents is 1. The quantitative estimate of drug-likeness (QED) is 0.765. The van der Waals surface area contributed by atoms with Gasteiger partial charge in [-0.15, -0.1) is 0 Å². The molecular weight excluding hydrogens is 310 g/mol. The van der Waals surface area contributed by atoms with E-state index in [0.29, 0.717) is 5.95 Å². The number of hydrogen-bond acceptors (Lipinski definition) is 7. The Morgan fingerprint density at radius 1 is 1.13 bits per heavy atom. The molecule has 0 aliphatic rings. The highest BCUT2D eigenvalue weighted by atomic mass is 32.1. The van der Waals surface area contributed by atoms with Crippen LogP contribution in [0.25, 0.3) is 10.6 Å². The molecule has 0 radical (unpaired) electrons. The molecule has 0 aliphatic carbocycles. The van der Waals surface area contributed by atoms with Gasteiger partial charge in [0.25, 0.3) is 0 Å². The van der Waals surface area contributed by atoms with E-state index in [0.717, 1.165) is 27.1 Å². The first-order chi connectivity index (χ1) is 11.1. The van der Waals surface area contributed by atoms with E-state index < -0.39 is 0 Å². The zero-order chi connectivity index (χ0) is 16.4. The predicted octanol–water partition coefficient (Wildman–Crippen LogP) is 3.42. The van der Waals surface area contributed by atoms with Crippen LogP contribution in [0.5, 0.6) is 5.75 Å². The van der Waals surface area contributed by atoms with Crippen LogP contribution in [0.3, 0.4) is 0 Å². The summed E-state index contributed by atoms with van der Waals surface area (Å²) < 4.78 is 0. The highest BCUT2D eigenvalue weighted by Gasteiger charge is 2.13. The standard InChI is InChI=1S/C16H17N5OS/c1-10-14(23-16(17-2)19-10)13-8-9-18-15(20-13)21(3)11-4-6-12(22)7-5-11/h4-9,22H,1-3H3,(H,17,19). The first-order valence-corrected chi connectivity index (χ1v) is 7.91. The number of aryl methyl sites for hydroxylation is 1. The van der Waals surface area contributed by atoms with Gasteiger partial charge in [-0.05, 0) is 37.3 Å². The van der Waals surface area contributed by atoms with Crippen molar-refractivity contribution in [2.45, 2.75) is 6.92 Å². The van der Waals surface area contributed by atoms with Gasteiger partial charge >= 0.3 is 0 Å². The lowest BCUT2D eigenvalue weighted by molar-refractivity contribution is 0.475. The van der Waals surface area contributed by atoms with Gasteiger partial charge in [0.15, 0.2) is 5.13 Å². The number of nitrogens with one attached hydrogen (secondary N) is 1. The molecule has 2 aromatic heterocycles. The third kappa shape index (κ3) is 3.09. The average molecular weight is 327 g/mol. The lowest BCUT2D eigenvalue weighted by atomic mass is 10.3. The summed E-state index contributed by atoms with van der Waals surface area (Å²) in [5.41, 5.74) is 2.69. The lowest BCUT2D eigenvalue weighted by Crippen LogP contribution is -2.13. The van der Waals surface area contributed by atoms with E-state index in [2.05, 4.69) is 20.3 Å². The van der Waals surface area contributed by atoms with Crippen LogP contribution >= 0.6 is 11.3 Å². The average Bonchev–Trinajstić information content (AvgIpc) is 2.96. The molecular formula is C16H17N5OS. The molecule has 0 spiro atoms. The van der Waals surface area contributed by atoms with Crippen LogP contribution in [0.1, 0.15) is 5.69 Å². The highest BCUT2D eigenvalue weighted by Crippen LogP contribution is 2.32. The molecule has 0 unspecified atom stereocenters. The monoisotopic (exact) mass is 327 g/mol. The SMILES string of the molecule is CNc1nc(C)c(-c2ccnc(N(C)c3ccc(O)cc3)n2)s1. The number of nitrogens with zero attached hydrogens (tertiary/aromatic N) is 4. The fraction of sp³-hybridized carbons (Fsp3) is 0.188. The Morgan fingerprint density at radius 3 is 2.52 bits per heavy atom. The normalized spacial score (nSPS) is 10.6. The van der Waals surface area contributed by atoms with Gasteiger partial charge in [0, 0.05) is 26.0 Å². The fourth-order valence-electron chi connectivity index (χ4n) is 2.17. The second-order valence-corrected chi connectivity index (χ2v) is 6.00. The van der Waals surface area contributed by atoms with Gasteiger partial charge in [-0.1, -0.05) is 11.3 Å². The summed E-state index contributed by atoms with van der Waals surface area (Å²) in [5.74, 6) is 0.823. The Kier molecular flexibility index (Phi) is 4.12. The van der Waals surface area contributed by atoms with E-state index in [9.17, 15) is 5.11 Å². The number of aromatic nitrogens is 3. The van der Waals surface area contributed by atoms with Gasteiger partial charge in [-0.3, -0.25) is 0 Å². The summed E-state index contributed by atoms with van der Waals surface area (Å²) in [7, 11) is 3.75. The van der Waals surface area contributed by atoms with Gasteiger partial charge in [0.05, 0.1) is 16.3 Å². The maximum absolute atomic E-state index is 9.40. The van der Waals surface area contributed by atoms with Crippen molar-refractivity contribution in [1.82, 2.24) is 15.0 Å². The van der Waals surface area contributed by atoms with Crippen molar-refractivity contribution in [3.63, 3.8) is 0 Å². The summed E-state index contributed by atoms with van der Waals surface area (Å²) in [6, 6.07) is 8.81. The number of benzene rings is 1. The number of aromatic hydroxyl groups is 1. The summed E-state index contributed by atoms with van der Waals surface area (Å²) in [6.07, 6.45) is 1.74. The molecule has 0 aliphatic heterocycles. The van der Waals surface area contributed by atoms with Crippen LogP contribution in [0.4, 0.5) is 16.8 Å². The molecule has 3 rings (SSSR count). The van der Waals surface area contributed by atoms with Crippen LogP contribution in [-0.4, -0.2) is 34.2 Å². The number of hydrogen-bond donors (Lipinski definition) is 2. The number of phenols is 1. The minimum absolute atomic E-state index is 0.233. The molecule has 7 heteroatoms. The third-order valence-electron chi connectivity index (χ3n) is 3.42. The van der Waals surface area contributed by atoms with E-state index in [4.69, 9.17) is 0 Å². The predicted molar refractivity (Wildman–Crippen MR) is 93.6 cm³/mol. The molecule has 0 saturated carbocycles. The molecule has 23 heavy (non-hydrogen) atoms. The van der Waals surface area contributed by atoms with E-state index in [1.165, 1.54) is 0 Å². The van der Waals surface area contributed by atoms with E-state index in [1.54, 1.807) is 29.7 Å². The number of anilines is 3. The van der Waals surface area contributed by atoms with Crippen LogP contribution in [0.2, 0.25) is 0 Å². The largest absolute Gasteiger partial charge is 0.508 e. The molecule has 0 fully saturated rings. The molecule has 1 aromatic carbocycles. The van der Waals surface area contributed by atoms with Gasteiger partial charge in [0.2, 0.25) is 5.95 Å². The Balaban J connectivity index is 1.95. The van der Waals surface area contributed by atoms with Crippen molar-refractivity contribution in [2.75, 3.05) is 24.3 Å². The fourth-order valence-corrected chi connectivity index (χ4v) is 3.06. The third-order valence-corrected chi connectivity index (χ3v) is 4.62. The first-order valence-electron chi connectivity index (χ1n) is 7.10. The Morgan fingerprint density at radius 2 is 1.87 bits per heavy atom. The van der Waals surface area contributed by atoms with Gasteiger partial charge < -0.3 is 15.3 Å². The van der Waals surface area contributed by atoms with Crippen molar-refractivity contribution in [2.24, 2.45) is 0 Å². The molecule has 2 heterocycles. The highest BCUT2D eigenvalue weighted by molar-refractivity contribution is 7.19. The molecule has 0 atom stereocenters. The second-order valence-electron chi connectivity index (χ2n) is 5.00. The molecule has 2 N–H and O–H groups in total. The minimum atomic E-state index is 0.233. The molecule has 0 bridgehead atoms. The van der Waals surface area contributed by atoms with Crippen LogP contribution in [-0.2, 0) is 0 Å². The van der Waals surface area contributed by atoms with Crippen LogP contribution < -0.4 is 10.2 Å². The molecule has 0 amide bonds. The Labute approximate surface area is 138 Å². The number of rotatable bonds is 4. The summed E-state index contributed by atoms with van der Waals surface area (Å²) >= 11 is 1.57. The van der Waals surface area contributed by atoms with Gasteiger partial charge in [-0.25, -0.2) is 15.0 Å². The summed E-state index contributed by atoms with van der Waals surface area (Å²) in [6.45, 7) is 1.97. The van der Waals surface area contributed by atoms with Gasteiger partial charge in [0.1, 0.15) is 5.75 Å². The molecule has 0 saturated heterocycles. The summed E-state index contributed by atoms with van der Waals surface area (Å²) in [5, 5.41) is 13.3. The number of thiazole rings is 1. The second kappa shape index (κ2) is 6.21. The molecule has 6 nitrogen and oxygen atoms in total. The Bertz CT molecular complexity index is 816. The van der Waals surface area contributed by atoms with Crippen molar-refractivity contribution in [3.05, 3.63) is 42.2 Å². The van der Waals surface area contributed by atoms with Crippen LogP contribution in [0.15, 0.2) is 36.5 Å². The smallest absolute Gasteiger partial charge is 0.230 e. The maximum Gasteiger partial charge on any atom is 0.230 e. The zero-order valence-electron chi connectivity index (χ0n) is 13.1. The van der Waals surface area contributed by atoms with E-state index >= 15 is 0 Å². The minimum Gasteiger partial charge on any atom is -0.508 e. The van der Waals surface area contributed by atoms with Crippen molar-refractivity contribution >= 4 is 28.1 Å². The summed E-state index contributed by atoms with van der Waals surface area (Å²) in [4.78, 5) is 16.3. The lowest BCUT2D eigenvalue weighted by Gasteiger charge is -2.17. The first kappa shape index (κ1) is 15.2. The zero-order valence-corrected chi connectivity index (χ0v) is 13.9.